The molecule has 1 aliphatic carbocycles. The second-order valence-corrected chi connectivity index (χ2v) is 15.2. The molecule has 3 aliphatic rings. The van der Waals surface area contributed by atoms with Crippen LogP contribution >= 0.6 is 0 Å². The van der Waals surface area contributed by atoms with Gasteiger partial charge in [-0.25, -0.2) is 9.97 Å². The third-order valence-corrected chi connectivity index (χ3v) is 11.1. The van der Waals surface area contributed by atoms with E-state index < -0.39 is 22.8 Å². The number of hydrogen-bond donors (Lipinski definition) is 4. The molecule has 4 heterocycles. The summed E-state index contributed by atoms with van der Waals surface area (Å²) in [5.41, 5.74) is 10.4. The van der Waals surface area contributed by atoms with Gasteiger partial charge in [-0.2, -0.15) is 23.4 Å². The summed E-state index contributed by atoms with van der Waals surface area (Å²) in [5, 5.41) is 18.8. The number of aromatic nitrogens is 6. The zero-order chi connectivity index (χ0) is 38.9. The van der Waals surface area contributed by atoms with Gasteiger partial charge in [0.15, 0.2) is 11.6 Å². The summed E-state index contributed by atoms with van der Waals surface area (Å²) < 4.78 is 38.5. The number of carbonyl (C=O) groups is 2. The summed E-state index contributed by atoms with van der Waals surface area (Å²) >= 11 is 0. The smallest absolute Gasteiger partial charge is 0.325 e. The van der Waals surface area contributed by atoms with Crippen molar-refractivity contribution in [3.63, 3.8) is 0 Å². The average Bonchev–Trinajstić information content (AvgIpc) is 3.99. The van der Waals surface area contributed by atoms with Gasteiger partial charge in [-0.05, 0) is 116 Å². The fourth-order valence-electron chi connectivity index (χ4n) is 7.97. The predicted molar refractivity (Wildman–Crippen MR) is 204 cm³/mol. The van der Waals surface area contributed by atoms with Crippen LogP contribution in [0.4, 0.5) is 24.5 Å². The molecule has 2 aromatic heterocycles. The van der Waals surface area contributed by atoms with Gasteiger partial charge in [-0.15, -0.1) is 0 Å². The van der Waals surface area contributed by atoms with Crippen LogP contribution in [-0.4, -0.2) is 42.2 Å². The number of rotatable bonds is 4. The highest BCUT2D eigenvalue weighted by atomic mass is 19.4. The number of H-pyrrole nitrogens is 2. The Morgan fingerprint density at radius 3 is 1.67 bits per heavy atom. The molecule has 4 N–H and O–H groups in total. The van der Waals surface area contributed by atoms with Gasteiger partial charge in [-0.3, -0.25) is 19.8 Å². The minimum Gasteiger partial charge on any atom is -0.325 e. The van der Waals surface area contributed by atoms with E-state index in [-0.39, 0.29) is 17.6 Å². The van der Waals surface area contributed by atoms with Crippen LogP contribution in [0.1, 0.15) is 73.4 Å². The molecular weight excluding hydrogens is 706 g/mol. The molecule has 2 amide bonds. The number of nitrogens with one attached hydrogen (secondary N) is 4. The molecule has 6 aromatic rings. The number of halogens is 3. The molecule has 9 rings (SSSR count). The Balaban J connectivity index is 0.000000158. The molecular formula is C42H39F3N8O2. The maximum atomic E-state index is 12.8. The van der Waals surface area contributed by atoms with Crippen molar-refractivity contribution in [3.8, 4) is 45.0 Å². The topological polar surface area (TPSA) is 141 Å². The van der Waals surface area contributed by atoms with Gasteiger partial charge in [0.05, 0.1) is 10.8 Å². The summed E-state index contributed by atoms with van der Waals surface area (Å²) in [6, 6.07) is 23.6. The molecule has 1 fully saturated rings. The van der Waals surface area contributed by atoms with Crippen molar-refractivity contribution in [2.75, 3.05) is 10.6 Å². The molecule has 13 heteroatoms. The Hall–Kier alpha value is -6.11. The Labute approximate surface area is 315 Å². The number of aromatic amines is 2. The first kappa shape index (κ1) is 35.9. The van der Waals surface area contributed by atoms with E-state index >= 15 is 0 Å². The SMILES string of the molecule is Cc1ccc(-c2n[nH]c(C(F)(F)F)n2)cc1-c1ccc2c(c1)NC(=O)C21CCCC1.Cc1nc(-c2ccc(C)c(-c3ccc4c(c3)NC(=O)C4(C)C)c2)n[nH]1. The van der Waals surface area contributed by atoms with Crippen LogP contribution in [0.3, 0.4) is 0 Å². The second-order valence-electron chi connectivity index (χ2n) is 15.2. The van der Waals surface area contributed by atoms with Crippen molar-refractivity contribution in [3.05, 3.63) is 107 Å². The molecule has 280 valence electrons. The molecule has 55 heavy (non-hydrogen) atoms. The van der Waals surface area contributed by atoms with Crippen LogP contribution in [0.5, 0.6) is 0 Å². The highest BCUT2D eigenvalue weighted by molar-refractivity contribution is 6.07. The Morgan fingerprint density at radius 1 is 0.618 bits per heavy atom. The van der Waals surface area contributed by atoms with Crippen LogP contribution in [0, 0.1) is 20.8 Å². The average molecular weight is 745 g/mol. The van der Waals surface area contributed by atoms with Crippen molar-refractivity contribution in [1.29, 1.82) is 0 Å². The normalized spacial score (nSPS) is 16.4. The number of hydrogen-bond acceptors (Lipinski definition) is 6. The minimum absolute atomic E-state index is 0.0112. The minimum atomic E-state index is -4.58. The molecule has 0 unspecified atom stereocenters. The number of nitrogens with zero attached hydrogens (tertiary/aromatic N) is 4. The summed E-state index contributed by atoms with van der Waals surface area (Å²) in [6.07, 6.45) is -0.746. The first-order valence-corrected chi connectivity index (χ1v) is 18.2. The lowest BCUT2D eigenvalue weighted by atomic mass is 9.79. The maximum absolute atomic E-state index is 12.8. The summed E-state index contributed by atoms with van der Waals surface area (Å²) in [5.74, 6) is 0.456. The molecule has 0 bridgehead atoms. The zero-order valence-corrected chi connectivity index (χ0v) is 31.0. The monoisotopic (exact) mass is 744 g/mol. The molecule has 4 aromatic carbocycles. The van der Waals surface area contributed by atoms with E-state index in [0.717, 1.165) is 87.4 Å². The first-order chi connectivity index (χ1) is 26.1. The fourth-order valence-corrected chi connectivity index (χ4v) is 7.97. The number of benzene rings is 4. The highest BCUT2D eigenvalue weighted by Gasteiger charge is 2.48. The van der Waals surface area contributed by atoms with Crippen molar-refractivity contribution >= 4 is 23.2 Å². The van der Waals surface area contributed by atoms with Crippen LogP contribution in [0.2, 0.25) is 0 Å². The van der Waals surface area contributed by atoms with E-state index in [4.69, 9.17) is 0 Å². The molecule has 0 atom stereocenters. The third kappa shape index (κ3) is 6.26. The predicted octanol–water partition coefficient (Wildman–Crippen LogP) is 9.22. The van der Waals surface area contributed by atoms with Gasteiger partial charge >= 0.3 is 6.18 Å². The van der Waals surface area contributed by atoms with Crippen LogP contribution in [-0.2, 0) is 26.6 Å². The maximum Gasteiger partial charge on any atom is 0.451 e. The number of amides is 2. The lowest BCUT2D eigenvalue weighted by molar-refractivity contribution is -0.144. The van der Waals surface area contributed by atoms with E-state index in [2.05, 4.69) is 67.1 Å². The van der Waals surface area contributed by atoms with Crippen LogP contribution < -0.4 is 10.6 Å². The third-order valence-electron chi connectivity index (χ3n) is 11.1. The lowest BCUT2D eigenvalue weighted by Crippen LogP contribution is -2.30. The van der Waals surface area contributed by atoms with Crippen LogP contribution in [0.25, 0.3) is 45.0 Å². The molecule has 2 aliphatic heterocycles. The van der Waals surface area contributed by atoms with E-state index in [0.29, 0.717) is 11.4 Å². The van der Waals surface area contributed by atoms with E-state index in [1.165, 1.54) is 5.56 Å². The van der Waals surface area contributed by atoms with Gasteiger partial charge in [0.1, 0.15) is 5.82 Å². The van der Waals surface area contributed by atoms with E-state index in [1.54, 1.807) is 12.1 Å². The van der Waals surface area contributed by atoms with Crippen molar-refractivity contribution in [1.82, 2.24) is 30.4 Å². The number of aryl methyl sites for hydroxylation is 3. The van der Waals surface area contributed by atoms with Crippen molar-refractivity contribution in [2.24, 2.45) is 0 Å². The molecule has 10 nitrogen and oxygen atoms in total. The second kappa shape index (κ2) is 13.0. The van der Waals surface area contributed by atoms with Crippen molar-refractivity contribution < 1.29 is 22.8 Å². The van der Waals surface area contributed by atoms with Gasteiger partial charge in [0.2, 0.25) is 17.6 Å². The fraction of sp³-hybridized carbons (Fsp3) is 0.286. The highest BCUT2D eigenvalue weighted by Crippen LogP contribution is 2.50. The summed E-state index contributed by atoms with van der Waals surface area (Å²) in [7, 11) is 0. The van der Waals surface area contributed by atoms with Gasteiger partial charge < -0.3 is 10.6 Å². The molecule has 0 radical (unpaired) electrons. The van der Waals surface area contributed by atoms with Crippen LogP contribution in [0.15, 0.2) is 72.8 Å². The molecule has 1 spiro atoms. The number of fused-ring (bicyclic) bond motifs is 3. The standard InChI is InChI=1S/C22H19F3N4O.C20H20N4O/c1-12-4-5-14(18-27-19(29-28-18)22(23,24)25)10-15(12)13-6-7-16-17(11-13)26-20(30)21(16)8-2-3-9-21;1-11-5-6-14(18-21-12(2)23-24-18)9-15(11)13-7-8-16-17(10-13)22-19(25)20(16,3)4/h4-7,10-11H,2-3,8-9H2,1H3,(H,26,30)(H,27,28,29);5-10H,1-4H3,(H,22,25)(H,21,23,24). The largest absolute Gasteiger partial charge is 0.451 e. The quantitative estimate of drug-likeness (QED) is 0.142. The Morgan fingerprint density at radius 2 is 1.13 bits per heavy atom. The Kier molecular flexibility index (Phi) is 8.50. The van der Waals surface area contributed by atoms with Gasteiger partial charge in [0, 0.05) is 22.5 Å². The molecule has 0 saturated heterocycles. The number of alkyl halides is 3. The lowest BCUT2D eigenvalue weighted by Gasteiger charge is -2.20. The summed E-state index contributed by atoms with van der Waals surface area (Å²) in [4.78, 5) is 32.8. The number of carbonyl (C=O) groups excluding carboxylic acids is 2. The van der Waals surface area contributed by atoms with E-state index in [9.17, 15) is 22.8 Å². The van der Waals surface area contributed by atoms with E-state index in [1.807, 2.05) is 69.2 Å². The van der Waals surface area contributed by atoms with Crippen molar-refractivity contribution in [2.45, 2.75) is 77.3 Å². The summed E-state index contributed by atoms with van der Waals surface area (Å²) in [6.45, 7) is 9.80. The molecule has 1 saturated carbocycles. The Bertz CT molecular complexity index is 2510. The zero-order valence-electron chi connectivity index (χ0n) is 31.0. The first-order valence-electron chi connectivity index (χ1n) is 18.2. The number of anilines is 2. The van der Waals surface area contributed by atoms with Gasteiger partial charge in [0.25, 0.3) is 0 Å². The van der Waals surface area contributed by atoms with Gasteiger partial charge in [-0.1, -0.05) is 61.4 Å².